The number of imidazole rings is 1. The third-order valence-corrected chi connectivity index (χ3v) is 5.79. The van der Waals surface area contributed by atoms with Gasteiger partial charge >= 0.3 is 0 Å². The second kappa shape index (κ2) is 5.07. The molecule has 4 nitrogen and oxygen atoms in total. The zero-order valence-electron chi connectivity index (χ0n) is 14.0. The lowest BCUT2D eigenvalue weighted by atomic mass is 9.84. The van der Waals surface area contributed by atoms with Gasteiger partial charge in [-0.1, -0.05) is 18.2 Å². The van der Waals surface area contributed by atoms with Crippen molar-refractivity contribution in [1.82, 2.24) is 14.1 Å². The van der Waals surface area contributed by atoms with Crippen LogP contribution in [0.5, 0.6) is 0 Å². The molecule has 0 radical (unpaired) electrons. The molecule has 3 aromatic rings. The molecule has 3 heterocycles. The van der Waals surface area contributed by atoms with Crippen LogP contribution in [0.2, 0.25) is 0 Å². The third kappa shape index (κ3) is 1.86. The second-order valence-corrected chi connectivity index (χ2v) is 7.12. The Hall–Kier alpha value is -2.36. The Labute approximate surface area is 141 Å². The van der Waals surface area contributed by atoms with E-state index in [0.717, 1.165) is 43.7 Å². The highest BCUT2D eigenvalue weighted by atomic mass is 16.1. The highest BCUT2D eigenvalue weighted by Crippen LogP contribution is 2.38. The lowest BCUT2D eigenvalue weighted by molar-refractivity contribution is 0.0887. The van der Waals surface area contributed by atoms with E-state index < -0.39 is 0 Å². The molecule has 24 heavy (non-hydrogen) atoms. The van der Waals surface area contributed by atoms with E-state index in [2.05, 4.69) is 32.3 Å². The summed E-state index contributed by atoms with van der Waals surface area (Å²) >= 11 is 0. The van der Waals surface area contributed by atoms with E-state index in [1.165, 1.54) is 28.6 Å². The largest absolute Gasteiger partial charge is 0.344 e. The molecule has 0 unspecified atom stereocenters. The Morgan fingerprint density at radius 1 is 1.29 bits per heavy atom. The Kier molecular flexibility index (Phi) is 2.96. The van der Waals surface area contributed by atoms with Gasteiger partial charge in [-0.25, -0.2) is 4.98 Å². The van der Waals surface area contributed by atoms with Crippen LogP contribution in [-0.4, -0.2) is 19.9 Å². The number of carbonyl (C=O) groups is 1. The number of fused-ring (bicyclic) bond motifs is 3. The van der Waals surface area contributed by atoms with Crippen molar-refractivity contribution in [1.29, 1.82) is 0 Å². The van der Waals surface area contributed by atoms with Gasteiger partial charge in [0.15, 0.2) is 5.78 Å². The number of benzene rings is 1. The maximum atomic E-state index is 13.3. The van der Waals surface area contributed by atoms with Crippen LogP contribution >= 0.6 is 0 Å². The van der Waals surface area contributed by atoms with Crippen LogP contribution in [-0.2, 0) is 25.9 Å². The molecule has 0 spiro atoms. The van der Waals surface area contributed by atoms with E-state index in [9.17, 15) is 4.79 Å². The van der Waals surface area contributed by atoms with E-state index in [0.29, 0.717) is 5.78 Å². The molecule has 0 N–H and O–H groups in total. The maximum Gasteiger partial charge on any atom is 0.170 e. The molecule has 0 fully saturated rings. The highest BCUT2D eigenvalue weighted by Gasteiger charge is 2.34. The molecule has 1 aliphatic heterocycles. The third-order valence-electron chi connectivity index (χ3n) is 5.79. The SMILES string of the molecule is Cc1nccn1C[C@@H]1CCc2c(c3cccc4c3n2CCC4)C1=O. The molecule has 0 saturated carbocycles. The Morgan fingerprint density at radius 2 is 2.21 bits per heavy atom. The molecule has 4 heteroatoms. The summed E-state index contributed by atoms with van der Waals surface area (Å²) in [5.74, 6) is 1.37. The van der Waals surface area contributed by atoms with Crippen molar-refractivity contribution in [3.05, 3.63) is 53.2 Å². The first-order valence-corrected chi connectivity index (χ1v) is 8.89. The standard InChI is InChI=1S/C20H21N3O/c1-13-21-9-11-22(13)12-15-7-8-17-18(20(15)24)16-6-2-4-14-5-3-10-23(17)19(14)16/h2,4,6,9,11,15H,3,5,7-8,10,12H2,1H3/t15-/m0/s1. The summed E-state index contributed by atoms with van der Waals surface area (Å²) in [5, 5.41) is 1.18. The first kappa shape index (κ1) is 14.0. The predicted molar refractivity (Wildman–Crippen MR) is 93.4 cm³/mol. The van der Waals surface area contributed by atoms with Gasteiger partial charge in [-0.05, 0) is 38.2 Å². The average Bonchev–Trinajstić information content (AvgIpc) is 3.15. The fraction of sp³-hybridized carbons (Fsp3) is 0.400. The summed E-state index contributed by atoms with van der Waals surface area (Å²) in [5.41, 5.74) is 5.01. The Balaban J connectivity index is 1.62. The number of nitrogens with zero attached hydrogens (tertiary/aromatic N) is 3. The topological polar surface area (TPSA) is 39.8 Å². The summed E-state index contributed by atoms with van der Waals surface area (Å²) in [6.07, 6.45) is 8.05. The molecule has 122 valence electrons. The van der Waals surface area contributed by atoms with E-state index in [-0.39, 0.29) is 5.92 Å². The van der Waals surface area contributed by atoms with E-state index in [1.54, 1.807) is 0 Å². The molecule has 0 saturated heterocycles. The number of Topliss-reactive ketones (excluding diaryl/α,β-unsaturated/α-hetero) is 1. The number of rotatable bonds is 2. The lowest BCUT2D eigenvalue weighted by Gasteiger charge is -2.24. The fourth-order valence-corrected chi connectivity index (χ4v) is 4.60. The van der Waals surface area contributed by atoms with Crippen molar-refractivity contribution >= 4 is 16.7 Å². The van der Waals surface area contributed by atoms with E-state index in [1.807, 2.05) is 19.3 Å². The van der Waals surface area contributed by atoms with Crippen molar-refractivity contribution in [3.63, 3.8) is 0 Å². The summed E-state index contributed by atoms with van der Waals surface area (Å²) < 4.78 is 4.54. The minimum Gasteiger partial charge on any atom is -0.344 e. The first-order chi connectivity index (χ1) is 11.7. The monoisotopic (exact) mass is 319 g/mol. The normalized spacial score (nSPS) is 19.7. The number of para-hydroxylation sites is 1. The molecule has 5 rings (SSSR count). The van der Waals surface area contributed by atoms with Gasteiger partial charge in [0.05, 0.1) is 5.52 Å². The summed E-state index contributed by atoms with van der Waals surface area (Å²) in [4.78, 5) is 17.6. The summed E-state index contributed by atoms with van der Waals surface area (Å²) in [7, 11) is 0. The van der Waals surface area contributed by atoms with Crippen molar-refractivity contribution in [2.24, 2.45) is 5.92 Å². The Morgan fingerprint density at radius 3 is 3.04 bits per heavy atom. The van der Waals surface area contributed by atoms with Crippen LogP contribution in [0, 0.1) is 12.8 Å². The molecule has 1 aliphatic carbocycles. The molecule has 2 aliphatic rings. The van der Waals surface area contributed by atoms with Crippen molar-refractivity contribution in [2.75, 3.05) is 0 Å². The second-order valence-electron chi connectivity index (χ2n) is 7.12. The maximum absolute atomic E-state index is 13.3. The molecular weight excluding hydrogens is 298 g/mol. The molecule has 1 atom stereocenters. The minimum absolute atomic E-state index is 0.0638. The van der Waals surface area contributed by atoms with Gasteiger partial charge in [-0.2, -0.15) is 0 Å². The van der Waals surface area contributed by atoms with Crippen LogP contribution in [0.4, 0.5) is 0 Å². The molecule has 0 amide bonds. The smallest absolute Gasteiger partial charge is 0.170 e. The number of carbonyl (C=O) groups excluding carboxylic acids is 1. The summed E-state index contributed by atoms with van der Waals surface area (Å²) in [6.45, 7) is 3.80. The van der Waals surface area contributed by atoms with Gasteiger partial charge in [0, 0.05) is 48.0 Å². The molecule has 1 aromatic carbocycles. The predicted octanol–water partition coefficient (Wildman–Crippen LogP) is 3.54. The Bertz CT molecular complexity index is 963. The van der Waals surface area contributed by atoms with Gasteiger partial charge in [0.25, 0.3) is 0 Å². The summed E-state index contributed by atoms with van der Waals surface area (Å²) in [6, 6.07) is 6.48. The van der Waals surface area contributed by atoms with Crippen molar-refractivity contribution in [2.45, 2.75) is 45.7 Å². The number of hydrogen-bond acceptors (Lipinski definition) is 2. The van der Waals surface area contributed by atoms with Crippen LogP contribution in [0.15, 0.2) is 30.6 Å². The molecule has 2 aromatic heterocycles. The number of aromatic nitrogens is 3. The van der Waals surface area contributed by atoms with Crippen LogP contribution in [0.3, 0.4) is 0 Å². The highest BCUT2D eigenvalue weighted by molar-refractivity contribution is 6.12. The quantitative estimate of drug-likeness (QED) is 0.725. The lowest BCUT2D eigenvalue weighted by Crippen LogP contribution is -2.27. The fourth-order valence-electron chi connectivity index (χ4n) is 4.60. The number of aryl methyl sites for hydroxylation is 3. The first-order valence-electron chi connectivity index (χ1n) is 8.89. The zero-order valence-corrected chi connectivity index (χ0v) is 14.0. The number of hydrogen-bond donors (Lipinski definition) is 0. The van der Waals surface area contributed by atoms with Gasteiger partial charge < -0.3 is 9.13 Å². The minimum atomic E-state index is 0.0638. The van der Waals surface area contributed by atoms with Crippen LogP contribution < -0.4 is 0 Å². The number of ketones is 1. The van der Waals surface area contributed by atoms with E-state index >= 15 is 0 Å². The van der Waals surface area contributed by atoms with Gasteiger partial charge in [-0.3, -0.25) is 4.79 Å². The molecule has 0 bridgehead atoms. The van der Waals surface area contributed by atoms with Crippen LogP contribution in [0.1, 0.15) is 40.3 Å². The van der Waals surface area contributed by atoms with Gasteiger partial charge in [-0.15, -0.1) is 0 Å². The zero-order chi connectivity index (χ0) is 16.3. The average molecular weight is 319 g/mol. The van der Waals surface area contributed by atoms with Crippen LogP contribution in [0.25, 0.3) is 10.9 Å². The van der Waals surface area contributed by atoms with Gasteiger partial charge in [0.2, 0.25) is 0 Å². The van der Waals surface area contributed by atoms with E-state index in [4.69, 9.17) is 0 Å². The van der Waals surface area contributed by atoms with Crippen molar-refractivity contribution < 1.29 is 4.79 Å². The van der Waals surface area contributed by atoms with Crippen molar-refractivity contribution in [3.8, 4) is 0 Å². The molecular formula is C20H21N3O. The van der Waals surface area contributed by atoms with Gasteiger partial charge in [0.1, 0.15) is 5.82 Å².